The average molecular weight is 429 g/mol. The molecule has 0 unspecified atom stereocenters. The molecule has 1 N–H and O–H groups in total. The third kappa shape index (κ3) is 3.39. The molecule has 4 rings (SSSR count). The Morgan fingerprint density at radius 3 is 2.77 bits per heavy atom. The normalized spacial score (nSPS) is 11.2. The van der Waals surface area contributed by atoms with E-state index in [1.165, 1.54) is 27.0 Å². The van der Waals surface area contributed by atoms with Crippen LogP contribution in [0.1, 0.15) is 27.6 Å². The van der Waals surface area contributed by atoms with Gasteiger partial charge >= 0.3 is 0 Å². The van der Waals surface area contributed by atoms with E-state index < -0.39 is 11.6 Å². The monoisotopic (exact) mass is 429 g/mol. The van der Waals surface area contributed by atoms with Crippen molar-refractivity contribution in [2.75, 3.05) is 7.05 Å². The van der Waals surface area contributed by atoms with Crippen LogP contribution in [0.3, 0.4) is 0 Å². The first-order valence-corrected chi connectivity index (χ1v) is 9.87. The minimum absolute atomic E-state index is 0.0487. The molecule has 4 aromatic rings. The van der Waals surface area contributed by atoms with Crippen molar-refractivity contribution in [3.63, 3.8) is 0 Å². The molecule has 0 spiro atoms. The van der Waals surface area contributed by atoms with Crippen molar-refractivity contribution < 1.29 is 13.6 Å². The van der Waals surface area contributed by atoms with Crippen LogP contribution in [-0.2, 0) is 6.54 Å². The molecule has 0 bridgehead atoms. The summed E-state index contributed by atoms with van der Waals surface area (Å²) in [4.78, 5) is 33.7. The molecule has 1 aromatic carbocycles. The van der Waals surface area contributed by atoms with Gasteiger partial charge in [-0.25, -0.2) is 18.4 Å². The van der Waals surface area contributed by atoms with Crippen molar-refractivity contribution in [3.8, 4) is 5.69 Å². The fourth-order valence-electron chi connectivity index (χ4n) is 3.32. The Hall–Kier alpha value is -3.40. The molecule has 3 aromatic heterocycles. The minimum Gasteiger partial charge on any atom is -0.334 e. The summed E-state index contributed by atoms with van der Waals surface area (Å²) in [5.41, 5.74) is 1.50. The summed E-state index contributed by atoms with van der Waals surface area (Å²) in [6.07, 6.45) is 0. The van der Waals surface area contributed by atoms with E-state index in [4.69, 9.17) is 0 Å². The van der Waals surface area contributed by atoms with E-state index >= 15 is 0 Å². The molecule has 7 nitrogen and oxygen atoms in total. The van der Waals surface area contributed by atoms with Crippen molar-refractivity contribution >= 4 is 27.5 Å². The van der Waals surface area contributed by atoms with Crippen LogP contribution in [-0.4, -0.2) is 37.6 Å². The number of H-pyrrole nitrogens is 1. The number of aryl methyl sites for hydroxylation is 1. The van der Waals surface area contributed by atoms with Gasteiger partial charge in [-0.3, -0.25) is 9.59 Å². The maximum Gasteiger partial charge on any atom is 0.268 e. The van der Waals surface area contributed by atoms with Gasteiger partial charge in [0.25, 0.3) is 11.5 Å². The first-order valence-electron chi connectivity index (χ1n) is 8.99. The number of amides is 1. The van der Waals surface area contributed by atoms with E-state index in [1.54, 1.807) is 32.3 Å². The third-order valence-corrected chi connectivity index (χ3v) is 5.64. The number of carbonyl (C=O) groups is 1. The van der Waals surface area contributed by atoms with Gasteiger partial charge < -0.3 is 9.88 Å². The number of fused-ring (bicyclic) bond motifs is 1. The molecule has 154 valence electrons. The summed E-state index contributed by atoms with van der Waals surface area (Å²) in [6.45, 7) is 3.36. The number of carbonyl (C=O) groups excluding carboxylic acids is 1. The summed E-state index contributed by atoms with van der Waals surface area (Å²) >= 11 is 1.30. The lowest BCUT2D eigenvalue weighted by Gasteiger charge is -2.17. The van der Waals surface area contributed by atoms with E-state index in [0.717, 1.165) is 12.1 Å². The summed E-state index contributed by atoms with van der Waals surface area (Å²) in [5.74, 6) is -1.47. The van der Waals surface area contributed by atoms with Crippen molar-refractivity contribution in [3.05, 3.63) is 74.4 Å². The molecule has 0 atom stereocenters. The molecule has 3 heterocycles. The summed E-state index contributed by atoms with van der Waals surface area (Å²) in [6, 6.07) is 4.91. The Labute approximate surface area is 173 Å². The fourth-order valence-corrected chi connectivity index (χ4v) is 4.05. The Bertz CT molecular complexity index is 1340. The quantitative estimate of drug-likeness (QED) is 0.539. The Morgan fingerprint density at radius 2 is 2.03 bits per heavy atom. The molecule has 10 heteroatoms. The highest BCUT2D eigenvalue weighted by atomic mass is 32.1. The number of aromatic amines is 1. The molecule has 0 saturated heterocycles. The van der Waals surface area contributed by atoms with E-state index in [9.17, 15) is 18.4 Å². The van der Waals surface area contributed by atoms with Crippen LogP contribution in [0, 0.1) is 25.5 Å². The third-order valence-electron chi connectivity index (χ3n) is 4.74. The predicted octanol–water partition coefficient (Wildman–Crippen LogP) is 3.34. The van der Waals surface area contributed by atoms with Crippen LogP contribution in [0.5, 0.6) is 0 Å². The highest BCUT2D eigenvalue weighted by Crippen LogP contribution is 2.22. The zero-order valence-electron chi connectivity index (χ0n) is 16.4. The van der Waals surface area contributed by atoms with Gasteiger partial charge in [0.2, 0.25) is 0 Å². The zero-order valence-corrected chi connectivity index (χ0v) is 17.2. The highest BCUT2D eigenvalue weighted by Gasteiger charge is 2.24. The summed E-state index contributed by atoms with van der Waals surface area (Å²) in [7, 11) is 1.58. The number of aromatic nitrogens is 4. The first kappa shape index (κ1) is 19.9. The van der Waals surface area contributed by atoms with Crippen molar-refractivity contribution in [2.24, 2.45) is 0 Å². The van der Waals surface area contributed by atoms with Crippen LogP contribution in [0.2, 0.25) is 0 Å². The Balaban J connectivity index is 1.65. The smallest absolute Gasteiger partial charge is 0.268 e. The number of hydrogen-bond acceptors (Lipinski definition) is 5. The lowest BCUT2D eigenvalue weighted by molar-refractivity contribution is 0.0780. The number of nitrogens with zero attached hydrogens (tertiary/aromatic N) is 4. The van der Waals surface area contributed by atoms with Gasteiger partial charge in [0.05, 0.1) is 29.0 Å². The van der Waals surface area contributed by atoms with Gasteiger partial charge in [0.15, 0.2) is 5.82 Å². The maximum atomic E-state index is 14.2. The second-order valence-corrected chi connectivity index (χ2v) is 7.78. The van der Waals surface area contributed by atoms with Gasteiger partial charge in [-0.05, 0) is 37.4 Å². The molecular weight excluding hydrogens is 412 g/mol. The molecule has 0 fully saturated rings. The topological polar surface area (TPSA) is 83.9 Å². The van der Waals surface area contributed by atoms with Gasteiger partial charge in [0, 0.05) is 13.1 Å². The second kappa shape index (κ2) is 7.45. The van der Waals surface area contributed by atoms with Crippen LogP contribution in [0.15, 0.2) is 34.4 Å². The summed E-state index contributed by atoms with van der Waals surface area (Å²) in [5, 5.41) is 6.04. The van der Waals surface area contributed by atoms with Gasteiger partial charge in [0.1, 0.15) is 22.0 Å². The van der Waals surface area contributed by atoms with E-state index in [2.05, 4.69) is 15.1 Å². The molecule has 1 amide bonds. The van der Waals surface area contributed by atoms with E-state index in [1.807, 2.05) is 0 Å². The Morgan fingerprint density at radius 1 is 1.27 bits per heavy atom. The fraction of sp³-hybridized carbons (Fsp3) is 0.200. The van der Waals surface area contributed by atoms with Crippen molar-refractivity contribution in [2.45, 2.75) is 20.4 Å². The van der Waals surface area contributed by atoms with E-state index in [-0.39, 0.29) is 23.7 Å². The number of nitrogens with one attached hydrogen (secondary N) is 1. The van der Waals surface area contributed by atoms with Crippen LogP contribution >= 0.6 is 11.3 Å². The van der Waals surface area contributed by atoms with Gasteiger partial charge in [-0.15, -0.1) is 11.3 Å². The molecule has 0 aliphatic carbocycles. The Kier molecular flexibility index (Phi) is 4.94. The minimum atomic E-state index is -0.779. The molecule has 0 radical (unpaired) electrons. The second-order valence-electron chi connectivity index (χ2n) is 6.86. The number of hydrogen-bond donors (Lipinski definition) is 1. The molecule has 0 aliphatic heterocycles. The van der Waals surface area contributed by atoms with Crippen molar-refractivity contribution in [1.82, 2.24) is 24.6 Å². The van der Waals surface area contributed by atoms with Gasteiger partial charge in [-0.1, -0.05) is 0 Å². The van der Waals surface area contributed by atoms with Crippen LogP contribution < -0.4 is 5.56 Å². The molecule has 0 saturated carbocycles. The lowest BCUT2D eigenvalue weighted by atomic mass is 10.1. The number of halogens is 2. The molecule has 30 heavy (non-hydrogen) atoms. The number of thiophene rings is 1. The SMILES string of the molecule is Cc1nn(-c2ccc(F)cc2F)c(C)c1C(=O)N(C)Cc1nc2ccsc2c(=O)[nH]1. The average Bonchev–Trinajstić information content (AvgIpc) is 3.26. The predicted molar refractivity (Wildman–Crippen MR) is 109 cm³/mol. The molecular formula is C20H17F2N5O2S. The van der Waals surface area contributed by atoms with Crippen molar-refractivity contribution in [1.29, 1.82) is 0 Å². The van der Waals surface area contributed by atoms with E-state index in [0.29, 0.717) is 33.0 Å². The van der Waals surface area contributed by atoms with Crippen LogP contribution in [0.25, 0.3) is 15.9 Å². The number of benzene rings is 1. The maximum absolute atomic E-state index is 14.2. The van der Waals surface area contributed by atoms with Crippen LogP contribution in [0.4, 0.5) is 8.78 Å². The standard InChI is InChI=1S/C20H17F2N5O2S/c1-10-17(11(2)27(25-10)15-5-4-12(21)8-13(15)22)20(29)26(3)9-16-23-14-6-7-30-18(14)19(28)24-16/h4-8H,9H2,1-3H3,(H,23,24,28). The summed E-state index contributed by atoms with van der Waals surface area (Å²) < 4.78 is 29.2. The number of rotatable bonds is 4. The lowest BCUT2D eigenvalue weighted by Crippen LogP contribution is -2.29. The highest BCUT2D eigenvalue weighted by molar-refractivity contribution is 7.17. The largest absolute Gasteiger partial charge is 0.334 e. The first-order chi connectivity index (χ1) is 14.3. The zero-order chi connectivity index (χ0) is 21.6. The van der Waals surface area contributed by atoms with Gasteiger partial charge in [-0.2, -0.15) is 5.10 Å². The molecule has 0 aliphatic rings.